The van der Waals surface area contributed by atoms with Gasteiger partial charge in [-0.1, -0.05) is 6.07 Å². The second-order valence-electron chi connectivity index (χ2n) is 2.95. The van der Waals surface area contributed by atoms with Gasteiger partial charge in [0.1, 0.15) is 0 Å². The Bertz CT molecular complexity index is 317. The quantitative estimate of drug-likeness (QED) is 0.737. The van der Waals surface area contributed by atoms with E-state index in [1.54, 1.807) is 10.6 Å². The van der Waals surface area contributed by atoms with Gasteiger partial charge in [0.2, 0.25) is 0 Å². The van der Waals surface area contributed by atoms with E-state index in [4.69, 9.17) is 0 Å². The number of likely N-dealkylation sites (N-methyl/N-ethyl adjacent to an activating group) is 1. The molecule has 0 unspecified atom stereocenters. The van der Waals surface area contributed by atoms with E-state index >= 15 is 0 Å². The van der Waals surface area contributed by atoms with Crippen LogP contribution in [0.5, 0.6) is 0 Å². The number of nitrogens with one attached hydrogen (secondary N) is 1. The van der Waals surface area contributed by atoms with Crippen LogP contribution in [0.4, 0.5) is 0 Å². The average molecular weight is 180 g/mol. The first-order valence-corrected chi connectivity index (χ1v) is 4.63. The first-order chi connectivity index (χ1) is 6.29. The van der Waals surface area contributed by atoms with Crippen molar-refractivity contribution in [3.05, 3.63) is 34.2 Å². The minimum atomic E-state index is 0.0936. The third-order valence-electron chi connectivity index (χ3n) is 2.09. The van der Waals surface area contributed by atoms with E-state index in [2.05, 4.69) is 5.32 Å². The van der Waals surface area contributed by atoms with Crippen molar-refractivity contribution in [1.29, 1.82) is 0 Å². The first-order valence-electron chi connectivity index (χ1n) is 4.63. The molecule has 0 amide bonds. The molecule has 0 bridgehead atoms. The third-order valence-corrected chi connectivity index (χ3v) is 2.09. The number of hydrogen-bond acceptors (Lipinski definition) is 2. The van der Waals surface area contributed by atoms with E-state index in [9.17, 15) is 4.79 Å². The van der Waals surface area contributed by atoms with E-state index in [1.165, 1.54) is 0 Å². The summed E-state index contributed by atoms with van der Waals surface area (Å²) >= 11 is 0. The zero-order chi connectivity index (χ0) is 9.68. The molecule has 0 aliphatic rings. The molecule has 72 valence electrons. The Morgan fingerprint density at radius 1 is 1.46 bits per heavy atom. The summed E-state index contributed by atoms with van der Waals surface area (Å²) in [6.07, 6.45) is 0.903. The summed E-state index contributed by atoms with van der Waals surface area (Å²) < 4.78 is 1.80. The standard InChI is InChI=1S/C10H16N2O/c1-3-12-9(7-8-11-2)5-4-6-10(12)13/h4-6,11H,3,7-8H2,1-2H3. The second kappa shape index (κ2) is 4.82. The van der Waals surface area contributed by atoms with Gasteiger partial charge >= 0.3 is 0 Å². The topological polar surface area (TPSA) is 34.0 Å². The number of aromatic nitrogens is 1. The molecule has 0 atom stereocenters. The zero-order valence-electron chi connectivity index (χ0n) is 8.21. The SMILES string of the molecule is CCn1c(CCNC)cccc1=O. The van der Waals surface area contributed by atoms with Crippen LogP contribution in [0.15, 0.2) is 23.0 Å². The lowest BCUT2D eigenvalue weighted by Crippen LogP contribution is -2.23. The molecule has 1 rings (SSSR count). The van der Waals surface area contributed by atoms with Crippen molar-refractivity contribution in [2.45, 2.75) is 19.9 Å². The Hall–Kier alpha value is -1.09. The molecule has 3 heteroatoms. The average Bonchev–Trinajstić information content (AvgIpc) is 2.15. The first kappa shape index (κ1) is 9.99. The number of hydrogen-bond donors (Lipinski definition) is 1. The second-order valence-corrected chi connectivity index (χ2v) is 2.95. The molecule has 0 aliphatic heterocycles. The Morgan fingerprint density at radius 2 is 2.23 bits per heavy atom. The maximum Gasteiger partial charge on any atom is 0.250 e. The highest BCUT2D eigenvalue weighted by Gasteiger charge is 1.99. The summed E-state index contributed by atoms with van der Waals surface area (Å²) in [6.45, 7) is 3.65. The van der Waals surface area contributed by atoms with Gasteiger partial charge in [-0.15, -0.1) is 0 Å². The minimum absolute atomic E-state index is 0.0936. The molecule has 13 heavy (non-hydrogen) atoms. The molecule has 1 heterocycles. The van der Waals surface area contributed by atoms with Gasteiger partial charge in [0.05, 0.1) is 0 Å². The van der Waals surface area contributed by atoms with Crippen molar-refractivity contribution >= 4 is 0 Å². The highest BCUT2D eigenvalue weighted by Crippen LogP contribution is 1.96. The highest BCUT2D eigenvalue weighted by atomic mass is 16.1. The van der Waals surface area contributed by atoms with Gasteiger partial charge in [-0.05, 0) is 20.0 Å². The lowest BCUT2D eigenvalue weighted by Gasteiger charge is -2.09. The molecule has 0 fully saturated rings. The predicted octanol–water partition coefficient (Wildman–Crippen LogP) is 0.630. The smallest absolute Gasteiger partial charge is 0.250 e. The molecular weight excluding hydrogens is 164 g/mol. The maximum atomic E-state index is 11.4. The van der Waals surface area contributed by atoms with Crippen LogP contribution >= 0.6 is 0 Å². The van der Waals surface area contributed by atoms with E-state index in [0.717, 1.165) is 25.2 Å². The summed E-state index contributed by atoms with van der Waals surface area (Å²) in [5.74, 6) is 0. The lowest BCUT2D eigenvalue weighted by molar-refractivity contribution is 0.654. The van der Waals surface area contributed by atoms with E-state index < -0.39 is 0 Å². The summed E-state index contributed by atoms with van der Waals surface area (Å²) in [5, 5.41) is 3.07. The monoisotopic (exact) mass is 180 g/mol. The van der Waals surface area contributed by atoms with Crippen molar-refractivity contribution < 1.29 is 0 Å². The maximum absolute atomic E-state index is 11.4. The molecule has 3 nitrogen and oxygen atoms in total. The fraction of sp³-hybridized carbons (Fsp3) is 0.500. The fourth-order valence-electron chi connectivity index (χ4n) is 1.39. The lowest BCUT2D eigenvalue weighted by atomic mass is 10.2. The van der Waals surface area contributed by atoms with Crippen LogP contribution < -0.4 is 10.9 Å². The van der Waals surface area contributed by atoms with E-state index in [-0.39, 0.29) is 5.56 Å². The molecule has 0 aromatic carbocycles. The fourth-order valence-corrected chi connectivity index (χ4v) is 1.39. The zero-order valence-corrected chi connectivity index (χ0v) is 8.21. The molecule has 0 saturated carbocycles. The Kier molecular flexibility index (Phi) is 3.71. The normalized spacial score (nSPS) is 10.3. The molecule has 1 aromatic heterocycles. The van der Waals surface area contributed by atoms with E-state index in [0.29, 0.717) is 0 Å². The Labute approximate surface area is 78.4 Å². The molecule has 0 spiro atoms. The van der Waals surface area contributed by atoms with Crippen LogP contribution in [0.2, 0.25) is 0 Å². The Balaban J connectivity index is 2.92. The number of nitrogens with zero attached hydrogens (tertiary/aromatic N) is 1. The highest BCUT2D eigenvalue weighted by molar-refractivity contribution is 5.07. The summed E-state index contributed by atoms with van der Waals surface area (Å²) in [5.41, 5.74) is 1.19. The van der Waals surface area contributed by atoms with Gasteiger partial charge in [-0.3, -0.25) is 4.79 Å². The molecule has 0 aliphatic carbocycles. The molecule has 0 radical (unpaired) electrons. The van der Waals surface area contributed by atoms with Crippen LogP contribution in [-0.4, -0.2) is 18.2 Å². The van der Waals surface area contributed by atoms with Crippen LogP contribution in [0.1, 0.15) is 12.6 Å². The predicted molar refractivity (Wildman–Crippen MR) is 54.0 cm³/mol. The van der Waals surface area contributed by atoms with Gasteiger partial charge < -0.3 is 9.88 Å². The molecule has 1 N–H and O–H groups in total. The number of pyridine rings is 1. The van der Waals surface area contributed by atoms with Crippen LogP contribution in [0.3, 0.4) is 0 Å². The van der Waals surface area contributed by atoms with Crippen molar-refractivity contribution in [1.82, 2.24) is 9.88 Å². The van der Waals surface area contributed by atoms with Crippen molar-refractivity contribution in [2.75, 3.05) is 13.6 Å². The largest absolute Gasteiger partial charge is 0.319 e. The van der Waals surface area contributed by atoms with Crippen LogP contribution in [0.25, 0.3) is 0 Å². The molecule has 0 saturated heterocycles. The van der Waals surface area contributed by atoms with Gasteiger partial charge in [-0.2, -0.15) is 0 Å². The summed E-state index contributed by atoms with van der Waals surface area (Å²) in [6, 6.07) is 5.42. The van der Waals surface area contributed by atoms with Crippen molar-refractivity contribution in [3.63, 3.8) is 0 Å². The van der Waals surface area contributed by atoms with Crippen molar-refractivity contribution in [3.8, 4) is 0 Å². The van der Waals surface area contributed by atoms with Crippen LogP contribution in [-0.2, 0) is 13.0 Å². The van der Waals surface area contributed by atoms with Gasteiger partial charge in [0.25, 0.3) is 5.56 Å². The van der Waals surface area contributed by atoms with E-state index in [1.807, 2.05) is 26.1 Å². The minimum Gasteiger partial charge on any atom is -0.319 e. The Morgan fingerprint density at radius 3 is 2.85 bits per heavy atom. The molecule has 1 aromatic rings. The summed E-state index contributed by atoms with van der Waals surface area (Å²) in [7, 11) is 1.91. The number of rotatable bonds is 4. The summed E-state index contributed by atoms with van der Waals surface area (Å²) in [4.78, 5) is 11.4. The van der Waals surface area contributed by atoms with Gasteiger partial charge in [0.15, 0.2) is 0 Å². The van der Waals surface area contributed by atoms with Gasteiger partial charge in [0, 0.05) is 31.3 Å². The van der Waals surface area contributed by atoms with Crippen LogP contribution in [0, 0.1) is 0 Å². The third kappa shape index (κ3) is 2.42. The van der Waals surface area contributed by atoms with Gasteiger partial charge in [-0.25, -0.2) is 0 Å². The van der Waals surface area contributed by atoms with Crippen molar-refractivity contribution in [2.24, 2.45) is 0 Å². The molecular formula is C10H16N2O.